The van der Waals surface area contributed by atoms with Gasteiger partial charge in [0, 0.05) is 32.6 Å². The summed E-state index contributed by atoms with van der Waals surface area (Å²) in [7, 11) is 3.38. The van der Waals surface area contributed by atoms with E-state index in [2.05, 4.69) is 14.9 Å². The number of hydrogen-bond donors (Lipinski definition) is 1. The van der Waals surface area contributed by atoms with Crippen molar-refractivity contribution >= 4 is 11.6 Å². The predicted octanol–water partition coefficient (Wildman–Crippen LogP) is 3.03. The zero-order chi connectivity index (χ0) is 15.5. The Hall–Kier alpha value is -1.56. The summed E-state index contributed by atoms with van der Waals surface area (Å²) in [5.41, 5.74) is 1.15. The maximum absolute atomic E-state index is 6.22. The quantitative estimate of drug-likeness (QED) is 0.919. The van der Waals surface area contributed by atoms with Gasteiger partial charge in [0.2, 0.25) is 0 Å². The van der Waals surface area contributed by atoms with E-state index in [1.165, 1.54) is 0 Å². The Morgan fingerprint density at radius 3 is 2.91 bits per heavy atom. The monoisotopic (exact) mass is 321 g/mol. The van der Waals surface area contributed by atoms with Crippen LogP contribution in [0.2, 0.25) is 5.02 Å². The van der Waals surface area contributed by atoms with Crippen molar-refractivity contribution in [1.82, 2.24) is 14.9 Å². The van der Waals surface area contributed by atoms with E-state index in [4.69, 9.17) is 21.1 Å². The maximum Gasteiger partial charge on any atom is 0.137 e. The third-order valence-electron chi connectivity index (χ3n) is 4.14. The fourth-order valence-corrected chi connectivity index (χ4v) is 3.27. The van der Waals surface area contributed by atoms with E-state index in [0.717, 1.165) is 30.9 Å². The van der Waals surface area contributed by atoms with Gasteiger partial charge in [0.25, 0.3) is 0 Å². The molecule has 1 aliphatic heterocycles. The lowest BCUT2D eigenvalue weighted by Gasteiger charge is -2.22. The number of H-pyrrole nitrogens is 1. The number of benzene rings is 1. The number of nitrogens with zero attached hydrogens (tertiary/aromatic N) is 2. The Bertz CT molecular complexity index is 618. The number of ether oxygens (including phenoxy) is 2. The van der Waals surface area contributed by atoms with Gasteiger partial charge >= 0.3 is 0 Å². The highest BCUT2D eigenvalue weighted by atomic mass is 35.5. The lowest BCUT2D eigenvalue weighted by atomic mass is 10.1. The molecule has 1 aromatic heterocycles. The Morgan fingerprint density at radius 2 is 2.27 bits per heavy atom. The molecule has 2 heterocycles. The van der Waals surface area contributed by atoms with Gasteiger partial charge in [-0.15, -0.1) is 0 Å². The Kier molecular flexibility index (Phi) is 4.66. The van der Waals surface area contributed by atoms with E-state index < -0.39 is 0 Å². The molecule has 1 unspecified atom stereocenters. The summed E-state index contributed by atoms with van der Waals surface area (Å²) in [6.07, 6.45) is 4.81. The first-order valence-electron chi connectivity index (χ1n) is 7.29. The van der Waals surface area contributed by atoms with Gasteiger partial charge in [-0.3, -0.25) is 4.90 Å². The van der Waals surface area contributed by atoms with E-state index in [9.17, 15) is 0 Å². The molecular formula is C16H20ClN3O2. The molecule has 1 N–H and O–H groups in total. The number of aromatic amines is 1. The van der Waals surface area contributed by atoms with Crippen LogP contribution >= 0.6 is 11.6 Å². The zero-order valence-corrected chi connectivity index (χ0v) is 13.5. The maximum atomic E-state index is 6.22. The molecule has 5 nitrogen and oxygen atoms in total. The molecule has 1 fully saturated rings. The largest absolute Gasteiger partial charge is 0.495 e. The van der Waals surface area contributed by atoms with Crippen molar-refractivity contribution in [2.24, 2.45) is 0 Å². The van der Waals surface area contributed by atoms with Crippen LogP contribution in [0.3, 0.4) is 0 Å². The SMILES string of the molecule is COc1ccc(CN2C[C@H](OC)CC2c2ncc[nH]2)cc1Cl. The van der Waals surface area contributed by atoms with E-state index in [-0.39, 0.29) is 12.1 Å². The normalized spacial score (nSPS) is 22.1. The number of aromatic nitrogens is 2. The molecule has 0 spiro atoms. The summed E-state index contributed by atoms with van der Waals surface area (Å²) in [5, 5.41) is 0.636. The topological polar surface area (TPSA) is 50.4 Å². The van der Waals surface area contributed by atoms with Crippen molar-refractivity contribution in [3.05, 3.63) is 47.0 Å². The summed E-state index contributed by atoms with van der Waals surface area (Å²) in [6.45, 7) is 1.68. The fourth-order valence-electron chi connectivity index (χ4n) is 2.99. The smallest absolute Gasteiger partial charge is 0.137 e. The van der Waals surface area contributed by atoms with Gasteiger partial charge in [0.15, 0.2) is 0 Å². The molecule has 1 aromatic carbocycles. The van der Waals surface area contributed by atoms with Crippen LogP contribution in [0.15, 0.2) is 30.6 Å². The summed E-state index contributed by atoms with van der Waals surface area (Å²) in [5.74, 6) is 1.68. The third-order valence-corrected chi connectivity index (χ3v) is 4.43. The van der Waals surface area contributed by atoms with Gasteiger partial charge in [-0.05, 0) is 24.1 Å². The molecule has 0 aliphatic carbocycles. The fraction of sp³-hybridized carbons (Fsp3) is 0.438. The van der Waals surface area contributed by atoms with Crippen LogP contribution in [0.25, 0.3) is 0 Å². The van der Waals surface area contributed by atoms with Gasteiger partial charge in [-0.2, -0.15) is 0 Å². The van der Waals surface area contributed by atoms with Crippen molar-refractivity contribution in [2.45, 2.75) is 25.1 Å². The summed E-state index contributed by atoms with van der Waals surface area (Å²) < 4.78 is 10.7. The highest BCUT2D eigenvalue weighted by Gasteiger charge is 2.34. The first-order chi connectivity index (χ1) is 10.7. The molecule has 1 saturated heterocycles. The van der Waals surface area contributed by atoms with Gasteiger partial charge in [-0.1, -0.05) is 17.7 Å². The number of hydrogen-bond acceptors (Lipinski definition) is 4. The minimum Gasteiger partial charge on any atom is -0.495 e. The molecule has 118 valence electrons. The second kappa shape index (κ2) is 6.69. The van der Waals surface area contributed by atoms with Crippen molar-refractivity contribution in [3.8, 4) is 5.75 Å². The van der Waals surface area contributed by atoms with Crippen LogP contribution in [0.4, 0.5) is 0 Å². The number of likely N-dealkylation sites (tertiary alicyclic amines) is 1. The number of halogens is 1. The lowest BCUT2D eigenvalue weighted by molar-refractivity contribution is 0.107. The third kappa shape index (κ3) is 3.11. The average molecular weight is 322 g/mol. The Morgan fingerprint density at radius 1 is 1.41 bits per heavy atom. The van der Waals surface area contributed by atoms with E-state index in [0.29, 0.717) is 10.8 Å². The molecule has 0 saturated carbocycles. The molecule has 1 aliphatic rings. The molecule has 3 rings (SSSR count). The molecule has 0 amide bonds. The Balaban J connectivity index is 1.78. The number of methoxy groups -OCH3 is 2. The zero-order valence-electron chi connectivity index (χ0n) is 12.8. The molecule has 2 atom stereocenters. The van der Waals surface area contributed by atoms with Gasteiger partial charge in [0.05, 0.1) is 24.3 Å². The second-order valence-corrected chi connectivity index (χ2v) is 5.89. The molecule has 0 bridgehead atoms. The van der Waals surface area contributed by atoms with E-state index >= 15 is 0 Å². The molecular weight excluding hydrogens is 302 g/mol. The van der Waals surface area contributed by atoms with Crippen molar-refractivity contribution in [1.29, 1.82) is 0 Å². The number of rotatable bonds is 5. The Labute approximate surface area is 135 Å². The first kappa shape index (κ1) is 15.3. The average Bonchev–Trinajstić information content (AvgIpc) is 3.16. The van der Waals surface area contributed by atoms with Crippen molar-refractivity contribution in [3.63, 3.8) is 0 Å². The predicted molar refractivity (Wildman–Crippen MR) is 85.2 cm³/mol. The second-order valence-electron chi connectivity index (χ2n) is 5.48. The molecule has 6 heteroatoms. The van der Waals surface area contributed by atoms with Gasteiger partial charge in [-0.25, -0.2) is 4.98 Å². The standard InChI is InChI=1S/C16H20ClN3O2/c1-21-12-8-14(16-18-5-6-19-16)20(10-12)9-11-3-4-15(22-2)13(17)7-11/h3-7,12,14H,8-10H2,1-2H3,(H,18,19)/t12-,14?/m1/s1. The van der Waals surface area contributed by atoms with Gasteiger partial charge < -0.3 is 14.5 Å². The summed E-state index contributed by atoms with van der Waals surface area (Å²) >= 11 is 6.22. The van der Waals surface area contributed by atoms with Crippen LogP contribution in [0.5, 0.6) is 5.75 Å². The minimum atomic E-state index is 0.226. The van der Waals surface area contributed by atoms with Crippen LogP contribution in [0.1, 0.15) is 23.9 Å². The van der Waals surface area contributed by atoms with Crippen LogP contribution in [-0.4, -0.2) is 41.7 Å². The van der Waals surface area contributed by atoms with Crippen LogP contribution in [-0.2, 0) is 11.3 Å². The van der Waals surface area contributed by atoms with Crippen molar-refractivity contribution in [2.75, 3.05) is 20.8 Å². The summed E-state index contributed by atoms with van der Waals surface area (Å²) in [4.78, 5) is 9.99. The number of nitrogens with one attached hydrogen (secondary N) is 1. The first-order valence-corrected chi connectivity index (χ1v) is 7.67. The highest BCUT2D eigenvalue weighted by molar-refractivity contribution is 6.32. The lowest BCUT2D eigenvalue weighted by Crippen LogP contribution is -2.25. The van der Waals surface area contributed by atoms with Crippen LogP contribution in [0, 0.1) is 0 Å². The minimum absolute atomic E-state index is 0.226. The summed E-state index contributed by atoms with van der Waals surface area (Å²) in [6, 6.07) is 6.15. The molecule has 0 radical (unpaired) electrons. The van der Waals surface area contributed by atoms with Crippen LogP contribution < -0.4 is 4.74 Å². The van der Waals surface area contributed by atoms with Gasteiger partial charge in [0.1, 0.15) is 11.6 Å². The van der Waals surface area contributed by atoms with Crippen molar-refractivity contribution < 1.29 is 9.47 Å². The van der Waals surface area contributed by atoms with E-state index in [1.54, 1.807) is 20.4 Å². The molecule has 22 heavy (non-hydrogen) atoms. The molecule has 2 aromatic rings. The number of imidazole rings is 1. The highest BCUT2D eigenvalue weighted by Crippen LogP contribution is 2.34. The van der Waals surface area contributed by atoms with E-state index in [1.807, 2.05) is 24.4 Å².